The molecule has 1 N–H and O–H groups in total. The average Bonchev–Trinajstić information content (AvgIpc) is 2.44. The van der Waals surface area contributed by atoms with Gasteiger partial charge in [-0.1, -0.05) is 18.2 Å². The molecule has 0 aromatic heterocycles. The molecule has 0 unspecified atom stereocenters. The Kier molecular flexibility index (Phi) is 4.87. The molecular formula is C14H11BrFNO4. The van der Waals surface area contributed by atoms with Crippen LogP contribution in [-0.4, -0.2) is 16.6 Å². The minimum Gasteiger partial charge on any atom is -0.450 e. The highest BCUT2D eigenvalue weighted by Crippen LogP contribution is 2.36. The van der Waals surface area contributed by atoms with Gasteiger partial charge in [-0.05, 0) is 34.0 Å². The summed E-state index contributed by atoms with van der Waals surface area (Å²) in [6.45, 7) is -0.0738. The lowest BCUT2D eigenvalue weighted by molar-refractivity contribution is -0.385. The first-order valence-electron chi connectivity index (χ1n) is 6.03. The summed E-state index contributed by atoms with van der Waals surface area (Å²) in [6.07, 6.45) is 0.354. The highest BCUT2D eigenvalue weighted by molar-refractivity contribution is 9.10. The van der Waals surface area contributed by atoms with E-state index in [0.29, 0.717) is 17.7 Å². The van der Waals surface area contributed by atoms with Gasteiger partial charge in [0.25, 0.3) is 0 Å². The first-order chi connectivity index (χ1) is 10.0. The van der Waals surface area contributed by atoms with E-state index in [1.54, 1.807) is 24.3 Å². The predicted molar refractivity (Wildman–Crippen MR) is 78.1 cm³/mol. The van der Waals surface area contributed by atoms with Gasteiger partial charge in [0.05, 0.1) is 15.5 Å². The van der Waals surface area contributed by atoms with Crippen LogP contribution in [0, 0.1) is 15.9 Å². The first kappa shape index (κ1) is 15.4. The Labute approximate surface area is 128 Å². The summed E-state index contributed by atoms with van der Waals surface area (Å²) < 4.78 is 19.0. The van der Waals surface area contributed by atoms with Crippen LogP contribution in [0.15, 0.2) is 40.9 Å². The van der Waals surface area contributed by atoms with E-state index in [1.807, 2.05) is 0 Å². The van der Waals surface area contributed by atoms with Crippen LogP contribution in [0.2, 0.25) is 0 Å². The van der Waals surface area contributed by atoms with Crippen molar-refractivity contribution in [3.63, 3.8) is 0 Å². The highest BCUT2D eigenvalue weighted by Gasteiger charge is 2.20. The number of hydrogen-bond donors (Lipinski definition) is 1. The number of nitro groups is 1. The monoisotopic (exact) mass is 355 g/mol. The summed E-state index contributed by atoms with van der Waals surface area (Å²) >= 11 is 2.97. The van der Waals surface area contributed by atoms with E-state index in [1.165, 1.54) is 6.07 Å². The van der Waals surface area contributed by atoms with Crippen molar-refractivity contribution in [2.45, 2.75) is 6.42 Å². The van der Waals surface area contributed by atoms with E-state index in [4.69, 9.17) is 9.84 Å². The fourth-order valence-corrected chi connectivity index (χ4v) is 2.11. The number of halogens is 2. The number of hydrogen-bond acceptors (Lipinski definition) is 4. The van der Waals surface area contributed by atoms with Gasteiger partial charge >= 0.3 is 5.69 Å². The van der Waals surface area contributed by atoms with Gasteiger partial charge in [-0.25, -0.2) is 4.39 Å². The predicted octanol–water partition coefficient (Wildman–Crippen LogP) is 3.82. The lowest BCUT2D eigenvalue weighted by Gasteiger charge is -2.11. The van der Waals surface area contributed by atoms with Gasteiger partial charge in [-0.2, -0.15) is 0 Å². The number of nitrogens with zero attached hydrogens (tertiary/aromatic N) is 1. The molecule has 0 aliphatic heterocycles. The normalized spacial score (nSPS) is 10.4. The molecule has 7 heteroatoms. The van der Waals surface area contributed by atoms with Crippen LogP contribution < -0.4 is 4.74 Å². The third-order valence-corrected chi connectivity index (χ3v) is 3.38. The van der Waals surface area contributed by atoms with Crippen molar-refractivity contribution in [3.05, 3.63) is 62.4 Å². The zero-order valence-electron chi connectivity index (χ0n) is 10.8. The summed E-state index contributed by atoms with van der Waals surface area (Å²) in [4.78, 5) is 10.3. The number of para-hydroxylation sites is 1. The minimum absolute atomic E-state index is 0.0707. The molecule has 0 saturated carbocycles. The van der Waals surface area contributed by atoms with E-state index in [0.717, 1.165) is 6.07 Å². The van der Waals surface area contributed by atoms with E-state index in [-0.39, 0.29) is 16.8 Å². The van der Waals surface area contributed by atoms with E-state index >= 15 is 0 Å². The second kappa shape index (κ2) is 6.64. The fraction of sp³-hybridized carbons (Fsp3) is 0.143. The number of benzene rings is 2. The Morgan fingerprint density at radius 3 is 2.67 bits per heavy atom. The molecule has 0 heterocycles. The van der Waals surface area contributed by atoms with Gasteiger partial charge in [-0.3, -0.25) is 10.1 Å². The third-order valence-electron chi connectivity index (χ3n) is 2.77. The highest BCUT2D eigenvalue weighted by atomic mass is 79.9. The van der Waals surface area contributed by atoms with E-state index < -0.39 is 16.4 Å². The van der Waals surface area contributed by atoms with E-state index in [9.17, 15) is 14.5 Å². The SMILES string of the molecule is O=[N+]([O-])c1cc(F)c(Br)cc1Oc1ccccc1CCO. The Morgan fingerprint density at radius 2 is 2.00 bits per heavy atom. The molecule has 0 atom stereocenters. The van der Waals surface area contributed by atoms with Crippen molar-refractivity contribution in [1.82, 2.24) is 0 Å². The fourth-order valence-electron chi connectivity index (χ4n) is 1.79. The zero-order valence-corrected chi connectivity index (χ0v) is 12.3. The quantitative estimate of drug-likeness (QED) is 0.653. The van der Waals surface area contributed by atoms with Crippen LogP contribution in [0.4, 0.5) is 10.1 Å². The Morgan fingerprint density at radius 1 is 1.29 bits per heavy atom. The molecule has 110 valence electrons. The molecule has 0 bridgehead atoms. The third kappa shape index (κ3) is 3.56. The maximum Gasteiger partial charge on any atom is 0.314 e. The summed E-state index contributed by atoms with van der Waals surface area (Å²) in [6, 6.07) is 8.87. The smallest absolute Gasteiger partial charge is 0.314 e. The first-order valence-corrected chi connectivity index (χ1v) is 6.82. The maximum atomic E-state index is 13.4. The molecule has 0 fully saturated rings. The lowest BCUT2D eigenvalue weighted by atomic mass is 10.1. The van der Waals surface area contributed by atoms with Gasteiger partial charge < -0.3 is 9.84 Å². The molecule has 0 spiro atoms. The molecule has 5 nitrogen and oxygen atoms in total. The van der Waals surface area contributed by atoms with Crippen molar-refractivity contribution < 1.29 is 19.2 Å². The summed E-state index contributed by atoms with van der Waals surface area (Å²) in [5, 5.41) is 20.0. The summed E-state index contributed by atoms with van der Waals surface area (Å²) in [5.41, 5.74) is 0.240. The minimum atomic E-state index is -0.738. The van der Waals surface area contributed by atoms with Crippen LogP contribution in [0.1, 0.15) is 5.56 Å². The van der Waals surface area contributed by atoms with Crippen LogP contribution in [0.25, 0.3) is 0 Å². The van der Waals surface area contributed by atoms with Crippen LogP contribution >= 0.6 is 15.9 Å². The molecule has 0 radical (unpaired) electrons. The van der Waals surface area contributed by atoms with Crippen LogP contribution in [-0.2, 0) is 6.42 Å². The van der Waals surface area contributed by atoms with Crippen molar-refractivity contribution >= 4 is 21.6 Å². The van der Waals surface area contributed by atoms with Crippen molar-refractivity contribution in [3.8, 4) is 11.5 Å². The molecule has 0 saturated heterocycles. The molecule has 2 aromatic rings. The Balaban J connectivity index is 2.44. The molecule has 0 aliphatic rings. The molecule has 2 rings (SSSR count). The van der Waals surface area contributed by atoms with Crippen LogP contribution in [0.5, 0.6) is 11.5 Å². The summed E-state index contributed by atoms with van der Waals surface area (Å²) in [5.74, 6) is -0.426. The van der Waals surface area contributed by atoms with Gasteiger partial charge in [-0.15, -0.1) is 0 Å². The number of aliphatic hydroxyl groups is 1. The number of nitro benzene ring substituents is 1. The second-order valence-electron chi connectivity index (χ2n) is 4.17. The van der Waals surface area contributed by atoms with E-state index in [2.05, 4.69) is 15.9 Å². The van der Waals surface area contributed by atoms with Crippen molar-refractivity contribution in [1.29, 1.82) is 0 Å². The number of rotatable bonds is 5. The van der Waals surface area contributed by atoms with Crippen molar-refractivity contribution in [2.24, 2.45) is 0 Å². The average molecular weight is 356 g/mol. The zero-order chi connectivity index (χ0) is 15.4. The standard InChI is InChI=1S/C14H11BrFNO4/c15-10-7-14(12(17(19)20)8-11(10)16)21-13-4-2-1-3-9(13)5-6-18/h1-4,7-8,18H,5-6H2. The summed E-state index contributed by atoms with van der Waals surface area (Å²) in [7, 11) is 0. The topological polar surface area (TPSA) is 72.6 Å². The molecule has 2 aromatic carbocycles. The molecule has 21 heavy (non-hydrogen) atoms. The number of ether oxygens (including phenoxy) is 1. The lowest BCUT2D eigenvalue weighted by Crippen LogP contribution is -1.98. The van der Waals surface area contributed by atoms with Crippen LogP contribution in [0.3, 0.4) is 0 Å². The molecule has 0 amide bonds. The molecular weight excluding hydrogens is 345 g/mol. The largest absolute Gasteiger partial charge is 0.450 e. The Bertz CT molecular complexity index is 678. The second-order valence-corrected chi connectivity index (χ2v) is 5.03. The van der Waals surface area contributed by atoms with Gasteiger partial charge in [0.15, 0.2) is 0 Å². The van der Waals surface area contributed by atoms with Crippen molar-refractivity contribution in [2.75, 3.05) is 6.61 Å². The Hall–Kier alpha value is -1.99. The molecule has 0 aliphatic carbocycles. The van der Waals surface area contributed by atoms with Gasteiger partial charge in [0.2, 0.25) is 5.75 Å². The van der Waals surface area contributed by atoms with Gasteiger partial charge in [0, 0.05) is 12.7 Å². The maximum absolute atomic E-state index is 13.4. The van der Waals surface area contributed by atoms with Gasteiger partial charge in [0.1, 0.15) is 11.6 Å². The number of aliphatic hydroxyl groups excluding tert-OH is 1.